The zero-order chi connectivity index (χ0) is 15.3. The molecule has 5 nitrogen and oxygen atoms in total. The summed E-state index contributed by atoms with van der Waals surface area (Å²) in [5, 5.41) is 12.3. The fourth-order valence-corrected chi connectivity index (χ4v) is 2.90. The molecule has 1 aromatic rings. The van der Waals surface area contributed by atoms with Crippen molar-refractivity contribution in [3.8, 4) is 0 Å². The number of nitrogens with one attached hydrogen (secondary N) is 1. The molecule has 1 aromatic carbocycles. The average molecular weight is 290 g/mol. The lowest BCUT2D eigenvalue weighted by atomic mass is 9.77. The molecule has 1 saturated heterocycles. The molecule has 21 heavy (non-hydrogen) atoms. The molecule has 0 radical (unpaired) electrons. The number of anilines is 1. The van der Waals surface area contributed by atoms with E-state index in [0.717, 1.165) is 18.7 Å². The maximum Gasteiger partial charge on any atom is 0.310 e. The largest absolute Gasteiger partial charge is 0.481 e. The Balaban J connectivity index is 1.93. The van der Waals surface area contributed by atoms with Crippen LogP contribution in [0.15, 0.2) is 30.3 Å². The number of benzene rings is 1. The van der Waals surface area contributed by atoms with E-state index in [4.69, 9.17) is 0 Å². The first kappa shape index (κ1) is 15.5. The first-order valence-electron chi connectivity index (χ1n) is 7.36. The van der Waals surface area contributed by atoms with E-state index < -0.39 is 11.4 Å². The summed E-state index contributed by atoms with van der Waals surface area (Å²) >= 11 is 0. The van der Waals surface area contributed by atoms with Gasteiger partial charge in [-0.1, -0.05) is 25.1 Å². The highest BCUT2D eigenvalue weighted by molar-refractivity contribution is 5.92. The summed E-state index contributed by atoms with van der Waals surface area (Å²) in [7, 11) is 0. The second kappa shape index (κ2) is 6.72. The number of aliphatic carboxylic acids is 1. The van der Waals surface area contributed by atoms with Crippen LogP contribution < -0.4 is 5.32 Å². The van der Waals surface area contributed by atoms with Crippen LogP contribution in [-0.4, -0.2) is 41.5 Å². The predicted octanol–water partition coefficient (Wildman–Crippen LogP) is 2.20. The van der Waals surface area contributed by atoms with Crippen molar-refractivity contribution in [3.63, 3.8) is 0 Å². The Labute approximate surface area is 125 Å². The van der Waals surface area contributed by atoms with Crippen LogP contribution in [0, 0.1) is 5.41 Å². The van der Waals surface area contributed by atoms with Gasteiger partial charge in [-0.15, -0.1) is 0 Å². The van der Waals surface area contributed by atoms with Gasteiger partial charge in [0.25, 0.3) is 0 Å². The Morgan fingerprint density at radius 2 is 2.05 bits per heavy atom. The Bertz CT molecular complexity index is 504. The molecule has 1 atom stereocenters. The van der Waals surface area contributed by atoms with Gasteiger partial charge in [0.15, 0.2) is 0 Å². The number of carboxylic acid groups (broad SMARTS) is 1. The van der Waals surface area contributed by atoms with Crippen molar-refractivity contribution in [1.82, 2.24) is 4.90 Å². The summed E-state index contributed by atoms with van der Waals surface area (Å²) < 4.78 is 0. The smallest absolute Gasteiger partial charge is 0.310 e. The van der Waals surface area contributed by atoms with Crippen LogP contribution in [0.5, 0.6) is 0 Å². The Morgan fingerprint density at radius 3 is 2.67 bits per heavy atom. The quantitative estimate of drug-likeness (QED) is 0.872. The van der Waals surface area contributed by atoms with Gasteiger partial charge in [-0.05, 0) is 37.9 Å². The zero-order valence-electron chi connectivity index (χ0n) is 12.3. The number of nitrogens with zero attached hydrogens (tertiary/aromatic N) is 1. The fourth-order valence-electron chi connectivity index (χ4n) is 2.90. The molecule has 0 spiro atoms. The summed E-state index contributed by atoms with van der Waals surface area (Å²) in [6.07, 6.45) is 2.10. The van der Waals surface area contributed by atoms with Crippen molar-refractivity contribution in [2.24, 2.45) is 5.41 Å². The summed E-state index contributed by atoms with van der Waals surface area (Å²) in [5.74, 6) is -0.850. The van der Waals surface area contributed by atoms with E-state index in [-0.39, 0.29) is 12.5 Å². The minimum Gasteiger partial charge on any atom is -0.481 e. The molecule has 1 heterocycles. The van der Waals surface area contributed by atoms with Crippen LogP contribution in [0.1, 0.15) is 26.2 Å². The molecule has 0 saturated carbocycles. The molecule has 2 N–H and O–H groups in total. The van der Waals surface area contributed by atoms with E-state index in [1.54, 1.807) is 0 Å². The summed E-state index contributed by atoms with van der Waals surface area (Å²) in [6, 6.07) is 9.29. The number of hydrogen-bond donors (Lipinski definition) is 2. The lowest BCUT2D eigenvalue weighted by Crippen LogP contribution is -2.49. The summed E-state index contributed by atoms with van der Waals surface area (Å²) in [5.41, 5.74) is 0.0603. The van der Waals surface area contributed by atoms with Crippen LogP contribution in [-0.2, 0) is 9.59 Å². The van der Waals surface area contributed by atoms with Crippen molar-refractivity contribution >= 4 is 17.6 Å². The van der Waals surface area contributed by atoms with Crippen molar-refractivity contribution < 1.29 is 14.7 Å². The molecular weight excluding hydrogens is 268 g/mol. The molecule has 1 aliphatic rings. The number of para-hydroxylation sites is 1. The van der Waals surface area contributed by atoms with E-state index in [9.17, 15) is 14.7 Å². The van der Waals surface area contributed by atoms with Crippen LogP contribution in [0.3, 0.4) is 0 Å². The van der Waals surface area contributed by atoms with Gasteiger partial charge in [0.05, 0.1) is 12.0 Å². The molecule has 114 valence electrons. The first-order valence-corrected chi connectivity index (χ1v) is 7.36. The van der Waals surface area contributed by atoms with Crippen LogP contribution in [0.25, 0.3) is 0 Å². The number of rotatable bonds is 5. The molecule has 2 rings (SSSR count). The molecule has 1 fully saturated rings. The van der Waals surface area contributed by atoms with Crippen LogP contribution in [0.2, 0.25) is 0 Å². The molecule has 0 bridgehead atoms. The normalized spacial score (nSPS) is 22.7. The number of carbonyl (C=O) groups is 2. The highest BCUT2D eigenvalue weighted by Crippen LogP contribution is 2.33. The van der Waals surface area contributed by atoms with Gasteiger partial charge in [0, 0.05) is 12.2 Å². The SMILES string of the molecule is CCC1(C(=O)O)CCCN(CC(=O)Nc2ccccc2)C1. The Kier molecular flexibility index (Phi) is 4.96. The topological polar surface area (TPSA) is 69.6 Å². The van der Waals surface area contributed by atoms with E-state index in [2.05, 4.69) is 5.32 Å². The first-order chi connectivity index (χ1) is 10.1. The van der Waals surface area contributed by atoms with Crippen molar-refractivity contribution in [2.45, 2.75) is 26.2 Å². The number of piperidine rings is 1. The Hall–Kier alpha value is -1.88. The number of likely N-dealkylation sites (tertiary alicyclic amines) is 1. The van der Waals surface area contributed by atoms with E-state index in [1.165, 1.54) is 0 Å². The third kappa shape index (κ3) is 3.82. The van der Waals surface area contributed by atoms with Gasteiger partial charge < -0.3 is 10.4 Å². The minimum atomic E-state index is -0.752. The van der Waals surface area contributed by atoms with Gasteiger partial charge in [-0.25, -0.2) is 0 Å². The van der Waals surface area contributed by atoms with Gasteiger partial charge in [-0.2, -0.15) is 0 Å². The maximum absolute atomic E-state index is 12.0. The molecule has 0 aromatic heterocycles. The second-order valence-electron chi connectivity index (χ2n) is 5.67. The van der Waals surface area contributed by atoms with Gasteiger partial charge in [-0.3, -0.25) is 14.5 Å². The lowest BCUT2D eigenvalue weighted by Gasteiger charge is -2.39. The van der Waals surface area contributed by atoms with Crippen molar-refractivity contribution in [3.05, 3.63) is 30.3 Å². The van der Waals surface area contributed by atoms with Gasteiger partial charge >= 0.3 is 5.97 Å². The molecule has 0 aliphatic carbocycles. The average Bonchev–Trinajstić information content (AvgIpc) is 2.48. The second-order valence-corrected chi connectivity index (χ2v) is 5.67. The summed E-state index contributed by atoms with van der Waals surface area (Å²) in [6.45, 7) is 3.36. The van der Waals surface area contributed by atoms with Crippen molar-refractivity contribution in [2.75, 3.05) is 25.0 Å². The summed E-state index contributed by atoms with van der Waals surface area (Å²) in [4.78, 5) is 25.5. The fraction of sp³-hybridized carbons (Fsp3) is 0.500. The number of carbonyl (C=O) groups excluding carboxylic acids is 1. The Morgan fingerprint density at radius 1 is 1.33 bits per heavy atom. The number of carboxylic acids is 1. The van der Waals surface area contributed by atoms with Gasteiger partial charge in [0.1, 0.15) is 0 Å². The van der Waals surface area contributed by atoms with Crippen molar-refractivity contribution in [1.29, 1.82) is 0 Å². The third-order valence-electron chi connectivity index (χ3n) is 4.21. The molecular formula is C16H22N2O3. The van der Waals surface area contributed by atoms with Crippen LogP contribution in [0.4, 0.5) is 5.69 Å². The zero-order valence-corrected chi connectivity index (χ0v) is 12.3. The highest BCUT2D eigenvalue weighted by Gasteiger charge is 2.40. The predicted molar refractivity (Wildman–Crippen MR) is 81.1 cm³/mol. The molecule has 1 amide bonds. The molecule has 5 heteroatoms. The number of amides is 1. The standard InChI is InChI=1S/C16H22N2O3/c1-2-16(15(20)21)9-6-10-18(12-16)11-14(19)17-13-7-4-3-5-8-13/h3-5,7-8H,2,6,9-12H2,1H3,(H,17,19)(H,20,21). The van der Waals surface area contributed by atoms with Gasteiger partial charge in [0.2, 0.25) is 5.91 Å². The lowest BCUT2D eigenvalue weighted by molar-refractivity contribution is -0.153. The van der Waals surface area contributed by atoms with E-state index >= 15 is 0 Å². The highest BCUT2D eigenvalue weighted by atomic mass is 16.4. The molecule has 1 aliphatic heterocycles. The molecule has 1 unspecified atom stereocenters. The van der Waals surface area contributed by atoms with Crippen LogP contribution >= 0.6 is 0 Å². The maximum atomic E-state index is 12.0. The third-order valence-corrected chi connectivity index (χ3v) is 4.21. The monoisotopic (exact) mass is 290 g/mol. The minimum absolute atomic E-state index is 0.0986. The van der Waals surface area contributed by atoms with E-state index in [0.29, 0.717) is 19.4 Å². The number of hydrogen-bond acceptors (Lipinski definition) is 3. The van der Waals surface area contributed by atoms with E-state index in [1.807, 2.05) is 42.2 Å².